The van der Waals surface area contributed by atoms with Crippen LogP contribution in [-0.4, -0.2) is 34.8 Å². The van der Waals surface area contributed by atoms with Crippen molar-refractivity contribution in [3.63, 3.8) is 0 Å². The number of hydrogen-bond acceptors (Lipinski definition) is 4. The molecule has 0 atom stereocenters. The quantitative estimate of drug-likeness (QED) is 0.792. The van der Waals surface area contributed by atoms with E-state index >= 15 is 0 Å². The molecular weight excluding hydrogens is 379 g/mol. The van der Waals surface area contributed by atoms with Gasteiger partial charge in [0.2, 0.25) is 5.91 Å². The van der Waals surface area contributed by atoms with Gasteiger partial charge in [-0.3, -0.25) is 9.59 Å². The maximum atomic E-state index is 12.7. The molecule has 5 nitrogen and oxygen atoms in total. The van der Waals surface area contributed by atoms with Crippen LogP contribution in [0.4, 0.5) is 18.3 Å². The Labute approximate surface area is 159 Å². The standard InChI is InChI=1S/C18H20F3N3O2S/c1-11(2)8-24(9-15(25)23-17-22-12(3)10-27-17)16(26)13-4-6-14(7-5-13)18(19,20)21/h4-7,10-11H,8-9H2,1-3H3,(H,22,23,25). The number of carbonyl (C=O) groups is 2. The number of anilines is 1. The molecule has 0 radical (unpaired) electrons. The van der Waals surface area contributed by atoms with Crippen molar-refractivity contribution < 1.29 is 22.8 Å². The molecule has 0 fully saturated rings. The summed E-state index contributed by atoms with van der Waals surface area (Å²) in [5.41, 5.74) is 0.0445. The van der Waals surface area contributed by atoms with Gasteiger partial charge in [0.05, 0.1) is 11.3 Å². The summed E-state index contributed by atoms with van der Waals surface area (Å²) in [6.07, 6.45) is -4.47. The molecule has 0 bridgehead atoms. The lowest BCUT2D eigenvalue weighted by Gasteiger charge is -2.24. The number of halogens is 3. The van der Waals surface area contributed by atoms with Crippen LogP contribution in [0.5, 0.6) is 0 Å². The molecule has 0 saturated carbocycles. The van der Waals surface area contributed by atoms with Gasteiger partial charge in [0.1, 0.15) is 6.54 Å². The van der Waals surface area contributed by atoms with E-state index in [2.05, 4.69) is 10.3 Å². The highest BCUT2D eigenvalue weighted by atomic mass is 32.1. The Bertz CT molecular complexity index is 801. The number of nitrogens with zero attached hydrogens (tertiary/aromatic N) is 2. The van der Waals surface area contributed by atoms with E-state index in [9.17, 15) is 22.8 Å². The monoisotopic (exact) mass is 399 g/mol. The Kier molecular flexibility index (Phi) is 6.59. The Balaban J connectivity index is 2.12. The molecule has 1 aromatic carbocycles. The van der Waals surface area contributed by atoms with E-state index in [1.165, 1.54) is 16.2 Å². The summed E-state index contributed by atoms with van der Waals surface area (Å²) in [6.45, 7) is 5.65. The first-order chi connectivity index (χ1) is 12.6. The molecule has 2 amide bonds. The van der Waals surface area contributed by atoms with Gasteiger partial charge in [0, 0.05) is 17.5 Å². The largest absolute Gasteiger partial charge is 0.416 e. The Morgan fingerprint density at radius 1 is 1.22 bits per heavy atom. The number of alkyl halides is 3. The van der Waals surface area contributed by atoms with E-state index in [4.69, 9.17) is 0 Å². The van der Waals surface area contributed by atoms with Crippen LogP contribution < -0.4 is 5.32 Å². The first-order valence-corrected chi connectivity index (χ1v) is 9.12. The molecular formula is C18H20F3N3O2S. The van der Waals surface area contributed by atoms with Crippen LogP contribution in [0.25, 0.3) is 0 Å². The second-order valence-corrected chi connectivity index (χ2v) is 7.35. The second kappa shape index (κ2) is 8.51. The number of amides is 2. The van der Waals surface area contributed by atoms with Crippen LogP contribution in [0.1, 0.15) is 35.5 Å². The van der Waals surface area contributed by atoms with Crippen LogP contribution in [0.2, 0.25) is 0 Å². The van der Waals surface area contributed by atoms with Crippen molar-refractivity contribution >= 4 is 28.3 Å². The van der Waals surface area contributed by atoms with Crippen molar-refractivity contribution in [2.75, 3.05) is 18.4 Å². The Morgan fingerprint density at radius 2 is 1.85 bits per heavy atom. The van der Waals surface area contributed by atoms with E-state index in [1.807, 2.05) is 13.8 Å². The lowest BCUT2D eigenvalue weighted by atomic mass is 10.1. The predicted molar refractivity (Wildman–Crippen MR) is 97.7 cm³/mol. The number of carbonyl (C=O) groups excluding carboxylic acids is 2. The van der Waals surface area contributed by atoms with E-state index in [1.54, 1.807) is 12.3 Å². The summed E-state index contributed by atoms with van der Waals surface area (Å²) in [5.74, 6) is -0.827. The van der Waals surface area contributed by atoms with E-state index in [0.717, 1.165) is 30.0 Å². The maximum Gasteiger partial charge on any atom is 0.416 e. The van der Waals surface area contributed by atoms with E-state index < -0.39 is 23.6 Å². The normalized spacial score (nSPS) is 11.5. The molecule has 1 heterocycles. The molecule has 0 unspecified atom stereocenters. The molecule has 0 spiro atoms. The van der Waals surface area contributed by atoms with Crippen LogP contribution >= 0.6 is 11.3 Å². The molecule has 0 aliphatic carbocycles. The van der Waals surface area contributed by atoms with Gasteiger partial charge in [0.25, 0.3) is 5.91 Å². The van der Waals surface area contributed by atoms with Gasteiger partial charge in [0.15, 0.2) is 5.13 Å². The highest BCUT2D eigenvalue weighted by Gasteiger charge is 2.30. The van der Waals surface area contributed by atoms with Crippen molar-refractivity contribution in [3.8, 4) is 0 Å². The summed E-state index contributed by atoms with van der Waals surface area (Å²) in [7, 11) is 0. The third-order valence-electron chi connectivity index (χ3n) is 3.53. The topological polar surface area (TPSA) is 62.3 Å². The minimum Gasteiger partial charge on any atom is -0.329 e. The predicted octanol–water partition coefficient (Wildman–Crippen LogP) is 4.21. The van der Waals surface area contributed by atoms with Crippen molar-refractivity contribution in [2.24, 2.45) is 5.92 Å². The van der Waals surface area contributed by atoms with Gasteiger partial charge >= 0.3 is 6.18 Å². The fourth-order valence-corrected chi connectivity index (χ4v) is 3.09. The number of nitrogens with one attached hydrogen (secondary N) is 1. The van der Waals surface area contributed by atoms with Gasteiger partial charge in [-0.05, 0) is 37.1 Å². The number of rotatable bonds is 6. The Morgan fingerprint density at radius 3 is 2.33 bits per heavy atom. The molecule has 1 aromatic heterocycles. The first-order valence-electron chi connectivity index (χ1n) is 8.24. The molecule has 27 heavy (non-hydrogen) atoms. The molecule has 0 aliphatic rings. The fourth-order valence-electron chi connectivity index (χ4n) is 2.39. The van der Waals surface area contributed by atoms with Crippen molar-refractivity contribution in [2.45, 2.75) is 26.9 Å². The number of hydrogen-bond donors (Lipinski definition) is 1. The zero-order chi connectivity index (χ0) is 20.2. The minimum atomic E-state index is -4.47. The van der Waals surface area contributed by atoms with Gasteiger partial charge in [-0.15, -0.1) is 11.3 Å². The summed E-state index contributed by atoms with van der Waals surface area (Å²) < 4.78 is 38.0. The third-order valence-corrected chi connectivity index (χ3v) is 4.41. The number of aromatic nitrogens is 1. The zero-order valence-electron chi connectivity index (χ0n) is 15.1. The van der Waals surface area contributed by atoms with Crippen molar-refractivity contribution in [3.05, 3.63) is 46.5 Å². The Hall–Kier alpha value is -2.42. The van der Waals surface area contributed by atoms with Gasteiger partial charge in [-0.2, -0.15) is 13.2 Å². The maximum absolute atomic E-state index is 12.7. The summed E-state index contributed by atoms with van der Waals surface area (Å²) in [4.78, 5) is 30.4. The van der Waals surface area contributed by atoms with Crippen molar-refractivity contribution in [1.82, 2.24) is 9.88 Å². The van der Waals surface area contributed by atoms with Crippen LogP contribution in [0.15, 0.2) is 29.6 Å². The molecule has 0 aliphatic heterocycles. The van der Waals surface area contributed by atoms with Crippen LogP contribution in [0.3, 0.4) is 0 Å². The van der Waals surface area contributed by atoms with Crippen LogP contribution in [-0.2, 0) is 11.0 Å². The molecule has 0 saturated heterocycles. The van der Waals surface area contributed by atoms with Gasteiger partial charge < -0.3 is 10.2 Å². The highest BCUT2D eigenvalue weighted by Crippen LogP contribution is 2.29. The van der Waals surface area contributed by atoms with Crippen LogP contribution in [0, 0.1) is 12.8 Å². The average Bonchev–Trinajstić information content (AvgIpc) is 2.97. The fraction of sp³-hybridized carbons (Fsp3) is 0.389. The average molecular weight is 399 g/mol. The summed E-state index contributed by atoms with van der Waals surface area (Å²) in [6, 6.07) is 3.97. The smallest absolute Gasteiger partial charge is 0.329 e. The third kappa shape index (κ3) is 6.06. The molecule has 1 N–H and O–H groups in total. The number of thiazole rings is 1. The highest BCUT2D eigenvalue weighted by molar-refractivity contribution is 7.13. The summed E-state index contributed by atoms with van der Waals surface area (Å²) >= 11 is 1.27. The van der Waals surface area contributed by atoms with E-state index in [-0.39, 0.29) is 18.0 Å². The molecule has 146 valence electrons. The van der Waals surface area contributed by atoms with Gasteiger partial charge in [-0.25, -0.2) is 4.98 Å². The second-order valence-electron chi connectivity index (χ2n) is 6.50. The molecule has 2 aromatic rings. The minimum absolute atomic E-state index is 0.0818. The lowest BCUT2D eigenvalue weighted by molar-refractivity contribution is -0.137. The van der Waals surface area contributed by atoms with Gasteiger partial charge in [-0.1, -0.05) is 13.8 Å². The summed E-state index contributed by atoms with van der Waals surface area (Å²) in [5, 5.41) is 4.85. The molecule has 9 heteroatoms. The molecule has 2 rings (SSSR count). The zero-order valence-corrected chi connectivity index (χ0v) is 15.9. The number of benzene rings is 1. The lowest BCUT2D eigenvalue weighted by Crippen LogP contribution is -2.40. The van der Waals surface area contributed by atoms with E-state index in [0.29, 0.717) is 11.7 Å². The number of aryl methyl sites for hydroxylation is 1. The van der Waals surface area contributed by atoms with Crippen molar-refractivity contribution in [1.29, 1.82) is 0 Å². The SMILES string of the molecule is Cc1csc(NC(=O)CN(CC(C)C)C(=O)c2ccc(C(F)(F)F)cc2)n1. The first kappa shape index (κ1) is 20.9.